The van der Waals surface area contributed by atoms with E-state index in [4.69, 9.17) is 9.72 Å². The predicted molar refractivity (Wildman–Crippen MR) is 133 cm³/mol. The lowest BCUT2D eigenvalue weighted by Crippen LogP contribution is -2.39. The van der Waals surface area contributed by atoms with E-state index in [0.29, 0.717) is 13.0 Å². The summed E-state index contributed by atoms with van der Waals surface area (Å²) in [7, 11) is 1.66. The van der Waals surface area contributed by atoms with Gasteiger partial charge in [0.1, 0.15) is 5.75 Å². The van der Waals surface area contributed by atoms with Gasteiger partial charge in [-0.3, -0.25) is 9.69 Å². The summed E-state index contributed by atoms with van der Waals surface area (Å²) in [6.07, 6.45) is 0.482. The second-order valence-electron chi connectivity index (χ2n) is 7.31. The molecule has 0 radical (unpaired) electrons. The van der Waals surface area contributed by atoms with E-state index in [1.165, 1.54) is 10.5 Å². The molecule has 0 saturated heterocycles. The van der Waals surface area contributed by atoms with E-state index in [2.05, 4.69) is 49.9 Å². The van der Waals surface area contributed by atoms with Gasteiger partial charge in [0.2, 0.25) is 5.91 Å². The average molecular weight is 458 g/mol. The van der Waals surface area contributed by atoms with Crippen LogP contribution in [0.1, 0.15) is 25.8 Å². The van der Waals surface area contributed by atoms with Crippen LogP contribution >= 0.6 is 23.1 Å². The molecule has 0 saturated carbocycles. The van der Waals surface area contributed by atoms with Gasteiger partial charge >= 0.3 is 0 Å². The minimum atomic E-state index is 0.123. The van der Waals surface area contributed by atoms with E-state index in [9.17, 15) is 4.79 Å². The molecule has 0 fully saturated rings. The minimum absolute atomic E-state index is 0.123. The highest BCUT2D eigenvalue weighted by molar-refractivity contribution is 7.99. The SMILES string of the molecule is CCN(CC)CCN(C(=O)CCSc1ccc(C)cc1)c1nc2ccc(OC)cc2s1. The highest BCUT2D eigenvalue weighted by Crippen LogP contribution is 2.32. The lowest BCUT2D eigenvalue weighted by molar-refractivity contribution is -0.118. The molecule has 0 atom stereocenters. The number of fused-ring (bicyclic) bond motifs is 1. The molecule has 2 aromatic carbocycles. The Labute approximate surface area is 193 Å². The van der Waals surface area contributed by atoms with E-state index in [-0.39, 0.29) is 5.91 Å². The van der Waals surface area contributed by atoms with Crippen LogP contribution in [-0.4, -0.2) is 54.8 Å². The van der Waals surface area contributed by atoms with Gasteiger partial charge in [0, 0.05) is 30.2 Å². The Kier molecular flexibility index (Phi) is 8.75. The maximum atomic E-state index is 13.2. The Hall–Kier alpha value is -2.09. The van der Waals surface area contributed by atoms with E-state index < -0.39 is 0 Å². The Morgan fingerprint density at radius 2 is 1.84 bits per heavy atom. The summed E-state index contributed by atoms with van der Waals surface area (Å²) in [6.45, 7) is 9.81. The maximum absolute atomic E-state index is 13.2. The Balaban J connectivity index is 1.73. The smallest absolute Gasteiger partial charge is 0.229 e. The predicted octanol–water partition coefficient (Wildman–Crippen LogP) is 5.47. The van der Waals surface area contributed by atoms with Crippen molar-refractivity contribution < 1.29 is 9.53 Å². The molecule has 0 aliphatic heterocycles. The number of carbonyl (C=O) groups excluding carboxylic acids is 1. The number of hydrogen-bond donors (Lipinski definition) is 0. The summed E-state index contributed by atoms with van der Waals surface area (Å²) in [6, 6.07) is 14.3. The summed E-state index contributed by atoms with van der Waals surface area (Å²) in [4.78, 5) is 23.4. The van der Waals surface area contributed by atoms with Crippen LogP contribution in [0.2, 0.25) is 0 Å². The van der Waals surface area contributed by atoms with Gasteiger partial charge in [0.25, 0.3) is 0 Å². The number of thiazole rings is 1. The van der Waals surface area contributed by atoms with Crippen molar-refractivity contribution in [1.82, 2.24) is 9.88 Å². The molecule has 166 valence electrons. The number of thioether (sulfide) groups is 1. The molecule has 5 nitrogen and oxygen atoms in total. The Morgan fingerprint density at radius 1 is 1.10 bits per heavy atom. The van der Waals surface area contributed by atoms with Gasteiger partial charge in [-0.15, -0.1) is 11.8 Å². The first-order valence-electron chi connectivity index (χ1n) is 10.7. The zero-order chi connectivity index (χ0) is 22.2. The number of anilines is 1. The summed E-state index contributed by atoms with van der Waals surface area (Å²) in [5.41, 5.74) is 2.14. The standard InChI is InChI=1S/C24H31N3O2S2/c1-5-26(6-2)14-15-27(23(28)13-16-30-20-10-7-18(3)8-11-20)24-25-21-12-9-19(29-4)17-22(21)31-24/h7-12,17H,5-6,13-16H2,1-4H3. The molecular formula is C24H31N3O2S2. The topological polar surface area (TPSA) is 45.7 Å². The third-order valence-electron chi connectivity index (χ3n) is 5.26. The molecule has 0 N–H and O–H groups in total. The number of aromatic nitrogens is 1. The molecule has 3 aromatic rings. The number of rotatable bonds is 11. The largest absolute Gasteiger partial charge is 0.497 e. The number of ether oxygens (including phenoxy) is 1. The first-order valence-corrected chi connectivity index (χ1v) is 12.5. The van der Waals surface area contributed by atoms with Gasteiger partial charge in [0.05, 0.1) is 17.3 Å². The highest BCUT2D eigenvalue weighted by Gasteiger charge is 2.20. The zero-order valence-electron chi connectivity index (χ0n) is 18.8. The monoisotopic (exact) mass is 457 g/mol. The first-order chi connectivity index (χ1) is 15.0. The molecule has 1 heterocycles. The van der Waals surface area contributed by atoms with E-state index in [0.717, 1.165) is 46.5 Å². The number of aryl methyl sites for hydroxylation is 1. The molecular weight excluding hydrogens is 426 g/mol. The average Bonchev–Trinajstić information content (AvgIpc) is 3.20. The Morgan fingerprint density at radius 3 is 2.52 bits per heavy atom. The minimum Gasteiger partial charge on any atom is -0.497 e. The van der Waals surface area contributed by atoms with Crippen molar-refractivity contribution in [3.05, 3.63) is 48.0 Å². The van der Waals surface area contributed by atoms with Gasteiger partial charge in [-0.1, -0.05) is 42.9 Å². The van der Waals surface area contributed by atoms with Crippen molar-refractivity contribution in [2.75, 3.05) is 43.9 Å². The Bertz CT molecular complexity index is 984. The van der Waals surface area contributed by atoms with Crippen molar-refractivity contribution in [3.8, 4) is 5.75 Å². The number of nitrogens with zero attached hydrogens (tertiary/aromatic N) is 3. The van der Waals surface area contributed by atoms with Crippen molar-refractivity contribution in [3.63, 3.8) is 0 Å². The molecule has 0 aliphatic carbocycles. The fourth-order valence-electron chi connectivity index (χ4n) is 3.27. The van der Waals surface area contributed by atoms with Crippen molar-refractivity contribution in [1.29, 1.82) is 0 Å². The van der Waals surface area contributed by atoms with Gasteiger partial charge < -0.3 is 9.64 Å². The second kappa shape index (κ2) is 11.5. The third kappa shape index (κ3) is 6.45. The van der Waals surface area contributed by atoms with Gasteiger partial charge in [-0.25, -0.2) is 4.98 Å². The van der Waals surface area contributed by atoms with Crippen LogP contribution in [0.4, 0.5) is 5.13 Å². The van der Waals surface area contributed by atoms with E-state index in [1.54, 1.807) is 30.2 Å². The van der Waals surface area contributed by atoms with E-state index in [1.807, 2.05) is 23.1 Å². The second-order valence-corrected chi connectivity index (χ2v) is 9.49. The van der Waals surface area contributed by atoms with Crippen LogP contribution in [0.15, 0.2) is 47.4 Å². The van der Waals surface area contributed by atoms with Crippen LogP contribution in [-0.2, 0) is 4.79 Å². The quantitative estimate of drug-likeness (QED) is 0.357. The molecule has 1 aromatic heterocycles. The van der Waals surface area contributed by atoms with Crippen LogP contribution in [0.5, 0.6) is 5.75 Å². The summed E-state index contributed by atoms with van der Waals surface area (Å²) >= 11 is 3.27. The van der Waals surface area contributed by atoms with E-state index >= 15 is 0 Å². The molecule has 1 amide bonds. The van der Waals surface area contributed by atoms with Crippen LogP contribution in [0, 0.1) is 6.92 Å². The molecule has 3 rings (SSSR count). The highest BCUT2D eigenvalue weighted by atomic mass is 32.2. The summed E-state index contributed by atoms with van der Waals surface area (Å²) < 4.78 is 6.37. The number of carbonyl (C=O) groups is 1. The number of hydrogen-bond acceptors (Lipinski definition) is 6. The van der Waals surface area contributed by atoms with Crippen molar-refractivity contribution in [2.45, 2.75) is 32.1 Å². The van der Waals surface area contributed by atoms with Gasteiger partial charge in [-0.2, -0.15) is 0 Å². The third-order valence-corrected chi connectivity index (χ3v) is 7.31. The number of benzene rings is 2. The molecule has 0 aliphatic rings. The zero-order valence-corrected chi connectivity index (χ0v) is 20.4. The van der Waals surface area contributed by atoms with Crippen molar-refractivity contribution in [2.24, 2.45) is 0 Å². The fraction of sp³-hybridized carbons (Fsp3) is 0.417. The molecule has 7 heteroatoms. The molecule has 0 bridgehead atoms. The molecule has 31 heavy (non-hydrogen) atoms. The van der Waals surface area contributed by atoms with Gasteiger partial charge in [-0.05, 0) is 50.3 Å². The number of methoxy groups -OCH3 is 1. The summed E-state index contributed by atoms with van der Waals surface area (Å²) in [5, 5.41) is 0.765. The molecule has 0 spiro atoms. The van der Waals surface area contributed by atoms with Crippen LogP contribution < -0.4 is 9.64 Å². The number of amides is 1. The number of likely N-dealkylation sites (N-methyl/N-ethyl adjacent to an activating group) is 1. The fourth-order valence-corrected chi connectivity index (χ4v) is 5.15. The van der Waals surface area contributed by atoms with Crippen LogP contribution in [0.25, 0.3) is 10.2 Å². The van der Waals surface area contributed by atoms with Crippen molar-refractivity contribution >= 4 is 44.4 Å². The van der Waals surface area contributed by atoms with Crippen LogP contribution in [0.3, 0.4) is 0 Å². The lowest BCUT2D eigenvalue weighted by atomic mass is 10.2. The molecule has 0 unspecified atom stereocenters. The maximum Gasteiger partial charge on any atom is 0.229 e. The first kappa shape index (κ1) is 23.6. The van der Waals surface area contributed by atoms with Gasteiger partial charge in [0.15, 0.2) is 5.13 Å². The normalized spacial score (nSPS) is 11.3. The lowest BCUT2D eigenvalue weighted by Gasteiger charge is -2.24. The summed E-state index contributed by atoms with van der Waals surface area (Å²) in [5.74, 6) is 1.68.